The molecule has 0 aromatic heterocycles. The van der Waals surface area contributed by atoms with Gasteiger partial charge in [0.05, 0.1) is 0 Å². The van der Waals surface area contributed by atoms with Crippen LogP contribution in [0.1, 0.15) is 34.1 Å². The minimum absolute atomic E-state index is 0.125. The Morgan fingerprint density at radius 1 is 1.05 bits per heavy atom. The van der Waals surface area contributed by atoms with E-state index >= 15 is 0 Å². The molecule has 0 heterocycles. The highest BCUT2D eigenvalue weighted by atomic mass is 16.5. The van der Waals surface area contributed by atoms with E-state index < -0.39 is 0 Å². The molecule has 0 spiro atoms. The van der Waals surface area contributed by atoms with Crippen LogP contribution in [0.2, 0.25) is 0 Å². The van der Waals surface area contributed by atoms with Crippen molar-refractivity contribution in [2.24, 2.45) is 0 Å². The number of hydrogen-bond donors (Lipinski definition) is 1. The number of rotatable bonds is 5. The molecule has 0 radical (unpaired) electrons. The molecular formula is C18H25NO. The van der Waals surface area contributed by atoms with Crippen molar-refractivity contribution >= 4 is 10.8 Å². The highest BCUT2D eigenvalue weighted by molar-refractivity contribution is 5.83. The molecule has 20 heavy (non-hydrogen) atoms. The molecule has 1 unspecified atom stereocenters. The molecule has 108 valence electrons. The van der Waals surface area contributed by atoms with Gasteiger partial charge in [0.2, 0.25) is 0 Å². The van der Waals surface area contributed by atoms with Crippen LogP contribution >= 0.6 is 0 Å². The van der Waals surface area contributed by atoms with Crippen molar-refractivity contribution in [2.45, 2.75) is 45.8 Å². The third-order valence-corrected chi connectivity index (χ3v) is 3.34. The van der Waals surface area contributed by atoms with Crippen molar-refractivity contribution < 1.29 is 4.74 Å². The highest BCUT2D eigenvalue weighted by Gasteiger charge is 2.14. The maximum Gasteiger partial charge on any atom is 0.120 e. The van der Waals surface area contributed by atoms with Crippen LogP contribution < -0.4 is 10.1 Å². The molecule has 0 aliphatic heterocycles. The predicted molar refractivity (Wildman–Crippen MR) is 86.4 cm³/mol. The standard InChI is InChI=1S/C18H25NO/c1-5-16(13-19-18(2,3)4)20-17-11-10-14-8-6-7-9-15(14)12-17/h6-12,16,19H,5,13H2,1-4H3. The molecule has 0 fully saturated rings. The van der Waals surface area contributed by atoms with Crippen molar-refractivity contribution in [3.63, 3.8) is 0 Å². The van der Waals surface area contributed by atoms with Gasteiger partial charge in [0.15, 0.2) is 0 Å². The van der Waals surface area contributed by atoms with Gasteiger partial charge in [-0.2, -0.15) is 0 Å². The van der Waals surface area contributed by atoms with E-state index in [4.69, 9.17) is 4.74 Å². The molecule has 1 N–H and O–H groups in total. The number of nitrogens with one attached hydrogen (secondary N) is 1. The highest BCUT2D eigenvalue weighted by Crippen LogP contribution is 2.22. The smallest absolute Gasteiger partial charge is 0.120 e. The summed E-state index contributed by atoms with van der Waals surface area (Å²) in [5.74, 6) is 0.950. The summed E-state index contributed by atoms with van der Waals surface area (Å²) >= 11 is 0. The minimum Gasteiger partial charge on any atom is -0.489 e. The van der Waals surface area contributed by atoms with Gasteiger partial charge < -0.3 is 10.1 Å². The van der Waals surface area contributed by atoms with E-state index in [0.717, 1.165) is 18.7 Å². The quantitative estimate of drug-likeness (QED) is 0.871. The summed E-state index contributed by atoms with van der Waals surface area (Å²) in [6, 6.07) is 14.7. The number of ether oxygens (including phenoxy) is 1. The molecule has 0 saturated carbocycles. The lowest BCUT2D eigenvalue weighted by molar-refractivity contribution is 0.181. The summed E-state index contributed by atoms with van der Waals surface area (Å²) in [5.41, 5.74) is 0.125. The zero-order chi connectivity index (χ0) is 14.6. The van der Waals surface area contributed by atoms with Gasteiger partial charge in [-0.15, -0.1) is 0 Å². The average Bonchev–Trinajstić information content (AvgIpc) is 2.42. The van der Waals surface area contributed by atoms with Gasteiger partial charge in [-0.25, -0.2) is 0 Å². The summed E-state index contributed by atoms with van der Waals surface area (Å²) < 4.78 is 6.10. The Bertz CT molecular complexity index is 557. The average molecular weight is 271 g/mol. The van der Waals surface area contributed by atoms with Gasteiger partial charge in [0, 0.05) is 12.1 Å². The molecule has 0 bridgehead atoms. The van der Waals surface area contributed by atoms with Crippen LogP contribution in [0.25, 0.3) is 10.8 Å². The largest absolute Gasteiger partial charge is 0.489 e. The molecule has 0 aliphatic rings. The van der Waals surface area contributed by atoms with Crippen LogP contribution in [0.4, 0.5) is 0 Å². The van der Waals surface area contributed by atoms with Crippen LogP contribution in [0.15, 0.2) is 42.5 Å². The van der Waals surface area contributed by atoms with Gasteiger partial charge in [-0.05, 0) is 50.1 Å². The first-order valence-electron chi connectivity index (χ1n) is 7.38. The van der Waals surface area contributed by atoms with E-state index in [2.05, 4.69) is 75.5 Å². The number of benzene rings is 2. The first kappa shape index (κ1) is 14.9. The Balaban J connectivity index is 2.05. The Hall–Kier alpha value is -1.54. The molecule has 0 saturated heterocycles. The lowest BCUT2D eigenvalue weighted by Crippen LogP contribution is -2.42. The van der Waals surface area contributed by atoms with E-state index in [-0.39, 0.29) is 11.6 Å². The van der Waals surface area contributed by atoms with Gasteiger partial charge in [-0.3, -0.25) is 0 Å². The third kappa shape index (κ3) is 4.24. The molecule has 2 aromatic rings. The molecule has 1 atom stereocenters. The molecule has 0 aliphatic carbocycles. The van der Waals surface area contributed by atoms with Crippen LogP contribution in [-0.4, -0.2) is 18.2 Å². The Morgan fingerprint density at radius 3 is 2.40 bits per heavy atom. The Kier molecular flexibility index (Phi) is 4.66. The first-order chi connectivity index (χ1) is 9.48. The third-order valence-electron chi connectivity index (χ3n) is 3.34. The summed E-state index contributed by atoms with van der Waals surface area (Å²) in [6.07, 6.45) is 1.20. The lowest BCUT2D eigenvalue weighted by atomic mass is 10.1. The van der Waals surface area contributed by atoms with Crippen molar-refractivity contribution in [1.29, 1.82) is 0 Å². The molecule has 2 rings (SSSR count). The predicted octanol–water partition coefficient (Wildman–Crippen LogP) is 4.39. The minimum atomic E-state index is 0.125. The van der Waals surface area contributed by atoms with E-state index in [1.54, 1.807) is 0 Å². The summed E-state index contributed by atoms with van der Waals surface area (Å²) in [4.78, 5) is 0. The summed E-state index contributed by atoms with van der Waals surface area (Å²) in [6.45, 7) is 9.56. The maximum atomic E-state index is 6.10. The topological polar surface area (TPSA) is 21.3 Å². The molecule has 2 heteroatoms. The molecule has 2 nitrogen and oxygen atoms in total. The van der Waals surface area contributed by atoms with Gasteiger partial charge >= 0.3 is 0 Å². The van der Waals surface area contributed by atoms with Gasteiger partial charge in [-0.1, -0.05) is 37.3 Å². The second kappa shape index (κ2) is 6.27. The Morgan fingerprint density at radius 2 is 1.75 bits per heavy atom. The fraction of sp³-hybridized carbons (Fsp3) is 0.444. The number of fused-ring (bicyclic) bond motifs is 1. The van der Waals surface area contributed by atoms with Crippen molar-refractivity contribution in [1.82, 2.24) is 5.32 Å². The monoisotopic (exact) mass is 271 g/mol. The maximum absolute atomic E-state index is 6.10. The fourth-order valence-electron chi connectivity index (χ4n) is 2.12. The lowest BCUT2D eigenvalue weighted by Gasteiger charge is -2.25. The van der Waals surface area contributed by atoms with Crippen molar-refractivity contribution in [3.8, 4) is 5.75 Å². The van der Waals surface area contributed by atoms with Crippen LogP contribution in [0, 0.1) is 0 Å². The van der Waals surface area contributed by atoms with E-state index in [1.807, 2.05) is 0 Å². The normalized spacial score (nSPS) is 13.4. The zero-order valence-corrected chi connectivity index (χ0v) is 12.9. The zero-order valence-electron chi connectivity index (χ0n) is 12.9. The fourth-order valence-corrected chi connectivity index (χ4v) is 2.12. The van der Waals surface area contributed by atoms with Crippen LogP contribution in [0.5, 0.6) is 5.75 Å². The Labute approximate surface area is 122 Å². The summed E-state index contributed by atoms with van der Waals surface area (Å²) in [5, 5.41) is 5.98. The molecular weight excluding hydrogens is 246 g/mol. The first-order valence-corrected chi connectivity index (χ1v) is 7.38. The van der Waals surface area contributed by atoms with Crippen molar-refractivity contribution in [2.75, 3.05) is 6.54 Å². The second-order valence-corrected chi connectivity index (χ2v) is 6.29. The van der Waals surface area contributed by atoms with E-state index in [0.29, 0.717) is 0 Å². The number of hydrogen-bond acceptors (Lipinski definition) is 2. The summed E-state index contributed by atoms with van der Waals surface area (Å²) in [7, 11) is 0. The SMILES string of the molecule is CCC(CNC(C)(C)C)Oc1ccc2ccccc2c1. The van der Waals surface area contributed by atoms with Crippen LogP contribution in [-0.2, 0) is 0 Å². The second-order valence-electron chi connectivity index (χ2n) is 6.29. The van der Waals surface area contributed by atoms with E-state index in [9.17, 15) is 0 Å². The molecule has 0 amide bonds. The van der Waals surface area contributed by atoms with E-state index in [1.165, 1.54) is 10.8 Å². The van der Waals surface area contributed by atoms with Crippen molar-refractivity contribution in [3.05, 3.63) is 42.5 Å². The van der Waals surface area contributed by atoms with Crippen LogP contribution in [0.3, 0.4) is 0 Å². The molecule has 2 aromatic carbocycles. The van der Waals surface area contributed by atoms with Gasteiger partial charge in [0.25, 0.3) is 0 Å². The van der Waals surface area contributed by atoms with Gasteiger partial charge in [0.1, 0.15) is 11.9 Å².